The summed E-state index contributed by atoms with van der Waals surface area (Å²) < 4.78 is 0. The van der Waals surface area contributed by atoms with Crippen molar-refractivity contribution in [2.24, 2.45) is 0 Å². The van der Waals surface area contributed by atoms with Crippen molar-refractivity contribution in [2.75, 3.05) is 0 Å². The summed E-state index contributed by atoms with van der Waals surface area (Å²) in [6, 6.07) is 0. The molecule has 0 aromatic rings. The Hall–Kier alpha value is -2.11. The van der Waals surface area contributed by atoms with Crippen molar-refractivity contribution >= 4 is 17.9 Å². The van der Waals surface area contributed by atoms with Crippen LogP contribution in [0.15, 0.2) is 24.3 Å². The van der Waals surface area contributed by atoms with Crippen molar-refractivity contribution < 1.29 is 29.7 Å². The van der Waals surface area contributed by atoms with Gasteiger partial charge in [0.05, 0.1) is 0 Å². The molecule has 0 radical (unpaired) electrons. The molecular formula is C21H36O6. The number of hydrogen-bond donors (Lipinski definition) is 3. The Bertz CT molecular complexity index is 428. The van der Waals surface area contributed by atoms with Crippen LogP contribution in [0.3, 0.4) is 0 Å². The average molecular weight is 385 g/mol. The normalized spacial score (nSPS) is 10.7. The first-order valence-corrected chi connectivity index (χ1v) is 9.85. The predicted octanol–water partition coefficient (Wildman–Crippen LogP) is 5.43. The number of carboxylic acid groups (broad SMARTS) is 3. The van der Waals surface area contributed by atoms with Gasteiger partial charge >= 0.3 is 17.9 Å². The zero-order valence-corrected chi connectivity index (χ0v) is 16.6. The van der Waals surface area contributed by atoms with Gasteiger partial charge in [-0.15, -0.1) is 0 Å². The first-order valence-electron chi connectivity index (χ1n) is 9.85. The van der Waals surface area contributed by atoms with Crippen molar-refractivity contribution in [1.82, 2.24) is 0 Å². The maximum Gasteiger partial charge on any atom is 0.314 e. The molecule has 6 heteroatoms. The zero-order valence-electron chi connectivity index (χ0n) is 16.6. The summed E-state index contributed by atoms with van der Waals surface area (Å²) in [5.74, 6) is -3.30. The number of unbranched alkanes of at least 4 members (excludes halogenated alkanes) is 8. The first-order chi connectivity index (χ1) is 12.9. The molecule has 0 aliphatic heterocycles. The summed E-state index contributed by atoms with van der Waals surface area (Å²) >= 11 is 0. The third kappa shape index (κ3) is 32.1. The lowest BCUT2D eigenvalue weighted by Crippen LogP contribution is -2.03. The van der Waals surface area contributed by atoms with E-state index in [0.717, 1.165) is 25.7 Å². The lowest BCUT2D eigenvalue weighted by molar-refractivity contribution is -0.147. The fraction of sp³-hybridized carbons (Fsp3) is 0.667. The van der Waals surface area contributed by atoms with Crippen LogP contribution >= 0.6 is 0 Å². The highest BCUT2D eigenvalue weighted by atomic mass is 16.4. The Kier molecular flexibility index (Phi) is 22.0. The van der Waals surface area contributed by atoms with E-state index < -0.39 is 24.3 Å². The molecule has 27 heavy (non-hydrogen) atoms. The Balaban J connectivity index is 0. The fourth-order valence-corrected chi connectivity index (χ4v) is 2.22. The number of carbonyl (C=O) groups is 3. The smallest absolute Gasteiger partial charge is 0.314 e. The van der Waals surface area contributed by atoms with Crippen molar-refractivity contribution in [3.05, 3.63) is 24.3 Å². The molecule has 0 spiro atoms. The molecule has 0 fully saturated rings. The van der Waals surface area contributed by atoms with Crippen LogP contribution in [0.4, 0.5) is 0 Å². The van der Waals surface area contributed by atoms with Gasteiger partial charge in [-0.25, -0.2) is 0 Å². The molecule has 0 aromatic carbocycles. The average Bonchev–Trinajstić information content (AvgIpc) is 2.57. The van der Waals surface area contributed by atoms with E-state index in [9.17, 15) is 14.4 Å². The number of carboxylic acids is 3. The molecule has 0 aliphatic carbocycles. The van der Waals surface area contributed by atoms with Gasteiger partial charge in [-0.2, -0.15) is 0 Å². The monoisotopic (exact) mass is 384 g/mol. The maximum absolute atomic E-state index is 10.3. The van der Waals surface area contributed by atoms with Gasteiger partial charge < -0.3 is 15.3 Å². The molecular weight excluding hydrogens is 348 g/mol. The van der Waals surface area contributed by atoms with Crippen LogP contribution in [0.2, 0.25) is 0 Å². The highest BCUT2D eigenvalue weighted by Gasteiger charge is 2.01. The van der Waals surface area contributed by atoms with Gasteiger partial charge in [0, 0.05) is 6.42 Å². The molecule has 0 heterocycles. The number of rotatable bonds is 16. The standard InChI is InChI=1S/C18H32O2.C3H4O4/c1-2-3-4-5-6-7-8-9-10-11-12-13-14-15-16-17-18(19)20;4-2(5)1-3(6)7/h6-7,9-10H,2-5,8,11-17H2,1H3,(H,19,20);1H2,(H,4,5)(H,6,7)/b7-6-,10-9-;. The van der Waals surface area contributed by atoms with Crippen LogP contribution in [-0.4, -0.2) is 33.2 Å². The maximum atomic E-state index is 10.3. The summed E-state index contributed by atoms with van der Waals surface area (Å²) in [5, 5.41) is 23.9. The van der Waals surface area contributed by atoms with Crippen molar-refractivity contribution in [2.45, 2.75) is 90.4 Å². The SMILES string of the molecule is CCCCC/C=C\C/C=C\CCCCCCCC(=O)O.O=C(O)CC(=O)O. The molecule has 3 N–H and O–H groups in total. The molecule has 0 aliphatic rings. The van der Waals surface area contributed by atoms with Gasteiger partial charge in [0.1, 0.15) is 6.42 Å². The van der Waals surface area contributed by atoms with Crippen molar-refractivity contribution in [3.8, 4) is 0 Å². The van der Waals surface area contributed by atoms with Gasteiger partial charge in [-0.1, -0.05) is 63.3 Å². The van der Waals surface area contributed by atoms with E-state index in [-0.39, 0.29) is 0 Å². The van der Waals surface area contributed by atoms with Crippen LogP contribution in [0.5, 0.6) is 0 Å². The summed E-state index contributed by atoms with van der Waals surface area (Å²) in [5.41, 5.74) is 0. The summed E-state index contributed by atoms with van der Waals surface area (Å²) in [7, 11) is 0. The molecule has 0 bridgehead atoms. The van der Waals surface area contributed by atoms with E-state index in [1.807, 2.05) is 0 Å². The minimum absolute atomic E-state index is 0.324. The van der Waals surface area contributed by atoms with Gasteiger partial charge in [-0.3, -0.25) is 14.4 Å². The Labute approximate surface area is 163 Å². The van der Waals surface area contributed by atoms with Crippen LogP contribution in [0.25, 0.3) is 0 Å². The van der Waals surface area contributed by atoms with Gasteiger partial charge in [-0.05, 0) is 38.5 Å². The van der Waals surface area contributed by atoms with Gasteiger partial charge in [0.15, 0.2) is 0 Å². The predicted molar refractivity (Wildman–Crippen MR) is 107 cm³/mol. The lowest BCUT2D eigenvalue weighted by Gasteiger charge is -1.98. The van der Waals surface area contributed by atoms with E-state index in [4.69, 9.17) is 15.3 Å². The second-order valence-electron chi connectivity index (χ2n) is 6.34. The highest BCUT2D eigenvalue weighted by molar-refractivity contribution is 5.88. The fourth-order valence-electron chi connectivity index (χ4n) is 2.22. The van der Waals surface area contributed by atoms with Gasteiger partial charge in [0.25, 0.3) is 0 Å². The Morgan fingerprint density at radius 1 is 0.630 bits per heavy atom. The van der Waals surface area contributed by atoms with E-state index in [2.05, 4.69) is 31.2 Å². The lowest BCUT2D eigenvalue weighted by atomic mass is 10.1. The highest BCUT2D eigenvalue weighted by Crippen LogP contribution is 2.08. The quantitative estimate of drug-likeness (QED) is 0.186. The third-order valence-electron chi connectivity index (χ3n) is 3.64. The van der Waals surface area contributed by atoms with Gasteiger partial charge in [0.2, 0.25) is 0 Å². The van der Waals surface area contributed by atoms with Crippen molar-refractivity contribution in [3.63, 3.8) is 0 Å². The van der Waals surface area contributed by atoms with Crippen LogP contribution in [-0.2, 0) is 14.4 Å². The largest absolute Gasteiger partial charge is 0.481 e. The van der Waals surface area contributed by atoms with E-state index in [0.29, 0.717) is 6.42 Å². The van der Waals surface area contributed by atoms with E-state index in [1.54, 1.807) is 0 Å². The summed E-state index contributed by atoms with van der Waals surface area (Å²) in [6.07, 6.45) is 21.5. The first kappa shape index (κ1) is 27.1. The number of aliphatic carboxylic acids is 3. The summed E-state index contributed by atoms with van der Waals surface area (Å²) in [4.78, 5) is 29.2. The Morgan fingerprint density at radius 2 is 1.11 bits per heavy atom. The second-order valence-corrected chi connectivity index (χ2v) is 6.34. The second kappa shape index (κ2) is 21.9. The van der Waals surface area contributed by atoms with Crippen LogP contribution in [0.1, 0.15) is 90.4 Å². The molecule has 0 saturated heterocycles. The van der Waals surface area contributed by atoms with E-state index in [1.165, 1.54) is 44.9 Å². The molecule has 0 rings (SSSR count). The molecule has 0 saturated carbocycles. The molecule has 156 valence electrons. The molecule has 0 atom stereocenters. The minimum Gasteiger partial charge on any atom is -0.481 e. The molecule has 0 amide bonds. The topological polar surface area (TPSA) is 112 Å². The minimum atomic E-state index is -1.31. The third-order valence-corrected chi connectivity index (χ3v) is 3.64. The molecule has 0 unspecified atom stereocenters. The van der Waals surface area contributed by atoms with Crippen LogP contribution < -0.4 is 0 Å². The zero-order chi connectivity index (χ0) is 20.8. The van der Waals surface area contributed by atoms with Crippen molar-refractivity contribution in [1.29, 1.82) is 0 Å². The number of allylic oxidation sites excluding steroid dienone is 4. The molecule has 0 aromatic heterocycles. The van der Waals surface area contributed by atoms with E-state index >= 15 is 0 Å². The van der Waals surface area contributed by atoms with Crippen LogP contribution in [0, 0.1) is 0 Å². The molecule has 6 nitrogen and oxygen atoms in total. The number of hydrogen-bond acceptors (Lipinski definition) is 3. The Morgan fingerprint density at radius 3 is 1.56 bits per heavy atom. The summed E-state index contributed by atoms with van der Waals surface area (Å²) in [6.45, 7) is 2.23.